The third-order valence-corrected chi connectivity index (χ3v) is 5.86. The highest BCUT2D eigenvalue weighted by atomic mass is 32.2. The molecule has 0 spiro atoms. The van der Waals surface area contributed by atoms with Crippen molar-refractivity contribution in [2.45, 2.75) is 32.0 Å². The summed E-state index contributed by atoms with van der Waals surface area (Å²) in [6, 6.07) is 17.3. The molecule has 0 N–H and O–H groups in total. The summed E-state index contributed by atoms with van der Waals surface area (Å²) in [4.78, 5) is 30.4. The van der Waals surface area contributed by atoms with E-state index in [1.165, 1.54) is 16.8 Å². The number of carbonyl (C=O) groups is 1. The van der Waals surface area contributed by atoms with E-state index in [9.17, 15) is 9.59 Å². The first-order valence-electron chi connectivity index (χ1n) is 10.1. The summed E-state index contributed by atoms with van der Waals surface area (Å²) in [6.07, 6.45) is 0.743. The summed E-state index contributed by atoms with van der Waals surface area (Å²) in [7, 11) is 0. The normalized spacial score (nSPS) is 13.8. The van der Waals surface area contributed by atoms with E-state index in [2.05, 4.69) is 23.9 Å². The number of benzene rings is 2. The Bertz CT molecular complexity index is 1150. The van der Waals surface area contributed by atoms with Crippen molar-refractivity contribution in [3.05, 3.63) is 70.5 Å². The fourth-order valence-corrected chi connectivity index (χ4v) is 4.33. The Hall–Kier alpha value is -2.93. The first-order chi connectivity index (χ1) is 14.5. The van der Waals surface area contributed by atoms with Crippen LogP contribution in [-0.2, 0) is 11.3 Å². The van der Waals surface area contributed by atoms with Gasteiger partial charge in [0.15, 0.2) is 5.16 Å². The molecule has 0 saturated carbocycles. The predicted octanol–water partition coefficient (Wildman–Crippen LogP) is 3.78. The Labute approximate surface area is 179 Å². The lowest BCUT2D eigenvalue weighted by Crippen LogP contribution is -2.28. The molecule has 2 heterocycles. The van der Waals surface area contributed by atoms with E-state index in [4.69, 9.17) is 0 Å². The van der Waals surface area contributed by atoms with E-state index in [1.807, 2.05) is 48.5 Å². The van der Waals surface area contributed by atoms with E-state index < -0.39 is 0 Å². The molecule has 1 amide bonds. The van der Waals surface area contributed by atoms with Crippen LogP contribution in [0.15, 0.2) is 69.6 Å². The van der Waals surface area contributed by atoms with Crippen molar-refractivity contribution in [2.24, 2.45) is 11.0 Å². The molecule has 4 rings (SSSR count). The maximum absolute atomic E-state index is 13.0. The van der Waals surface area contributed by atoms with Gasteiger partial charge in [0.2, 0.25) is 0 Å². The van der Waals surface area contributed by atoms with Crippen molar-refractivity contribution in [1.29, 1.82) is 0 Å². The predicted molar refractivity (Wildman–Crippen MR) is 121 cm³/mol. The van der Waals surface area contributed by atoms with Gasteiger partial charge in [-0.15, -0.1) is 0 Å². The number of hydrogen-bond donors (Lipinski definition) is 0. The van der Waals surface area contributed by atoms with Crippen LogP contribution in [0.4, 0.5) is 0 Å². The Morgan fingerprint density at radius 3 is 2.60 bits per heavy atom. The Morgan fingerprint density at radius 1 is 1.10 bits per heavy atom. The third kappa shape index (κ3) is 4.31. The molecule has 1 aliphatic heterocycles. The minimum absolute atomic E-state index is 0.0604. The molecule has 154 valence electrons. The van der Waals surface area contributed by atoms with E-state index in [-0.39, 0.29) is 23.1 Å². The lowest BCUT2D eigenvalue weighted by molar-refractivity contribution is -0.127. The van der Waals surface area contributed by atoms with Crippen LogP contribution in [0, 0.1) is 5.92 Å². The minimum atomic E-state index is -0.0792. The SMILES string of the molecule is CC(C)Cn1c(SCC(=O)N2CCC(c3ccccc3)=N2)nc2ccccc2c1=O. The summed E-state index contributed by atoms with van der Waals surface area (Å²) in [5.41, 5.74) is 2.56. The first-order valence-corrected chi connectivity index (χ1v) is 11.1. The largest absolute Gasteiger partial charge is 0.287 e. The zero-order valence-corrected chi connectivity index (χ0v) is 17.9. The zero-order chi connectivity index (χ0) is 21.1. The highest BCUT2D eigenvalue weighted by molar-refractivity contribution is 7.99. The van der Waals surface area contributed by atoms with Gasteiger partial charge < -0.3 is 0 Å². The van der Waals surface area contributed by atoms with Crippen molar-refractivity contribution in [3.8, 4) is 0 Å². The van der Waals surface area contributed by atoms with E-state index in [1.54, 1.807) is 10.6 Å². The molecule has 0 atom stereocenters. The average molecular weight is 421 g/mol. The van der Waals surface area contributed by atoms with Gasteiger partial charge in [0, 0.05) is 13.0 Å². The van der Waals surface area contributed by atoms with Gasteiger partial charge in [-0.25, -0.2) is 9.99 Å². The highest BCUT2D eigenvalue weighted by Crippen LogP contribution is 2.21. The molecule has 6 nitrogen and oxygen atoms in total. The summed E-state index contributed by atoms with van der Waals surface area (Å²) in [5, 5.41) is 7.21. The van der Waals surface area contributed by atoms with Gasteiger partial charge in [-0.1, -0.05) is 68.1 Å². The number of rotatable bonds is 6. The van der Waals surface area contributed by atoms with Crippen LogP contribution in [0.2, 0.25) is 0 Å². The fraction of sp³-hybridized carbons (Fsp3) is 0.304. The second-order valence-electron chi connectivity index (χ2n) is 7.69. The second kappa shape index (κ2) is 8.83. The molecular weight excluding hydrogens is 396 g/mol. The Morgan fingerprint density at radius 2 is 1.83 bits per heavy atom. The van der Waals surface area contributed by atoms with Crippen LogP contribution in [0.1, 0.15) is 25.8 Å². The monoisotopic (exact) mass is 420 g/mol. The number of carbonyl (C=O) groups excluding carboxylic acids is 1. The lowest BCUT2D eigenvalue weighted by atomic mass is 10.1. The second-order valence-corrected chi connectivity index (χ2v) is 8.63. The maximum atomic E-state index is 13.0. The number of fused-ring (bicyclic) bond motifs is 1. The Balaban J connectivity index is 1.54. The van der Waals surface area contributed by atoms with Crippen LogP contribution in [0.25, 0.3) is 10.9 Å². The number of thioether (sulfide) groups is 1. The third-order valence-electron chi connectivity index (χ3n) is 4.90. The molecular formula is C23H24N4O2S. The van der Waals surface area contributed by atoms with Gasteiger partial charge in [-0.2, -0.15) is 5.10 Å². The number of nitrogens with zero attached hydrogens (tertiary/aromatic N) is 4. The smallest absolute Gasteiger partial charge is 0.262 e. The van der Waals surface area contributed by atoms with Gasteiger partial charge in [0.05, 0.1) is 28.9 Å². The molecule has 2 aromatic carbocycles. The summed E-state index contributed by atoms with van der Waals surface area (Å²) in [5.74, 6) is 0.399. The number of amides is 1. The summed E-state index contributed by atoms with van der Waals surface area (Å²) < 4.78 is 1.69. The number of aromatic nitrogens is 2. The molecule has 3 aromatic rings. The molecule has 0 unspecified atom stereocenters. The van der Waals surface area contributed by atoms with Gasteiger partial charge in [-0.05, 0) is 23.6 Å². The van der Waals surface area contributed by atoms with Crippen LogP contribution in [-0.4, -0.2) is 38.5 Å². The topological polar surface area (TPSA) is 67.6 Å². The minimum Gasteiger partial charge on any atom is -0.287 e. The van der Waals surface area contributed by atoms with E-state index in [0.29, 0.717) is 29.1 Å². The maximum Gasteiger partial charge on any atom is 0.262 e. The lowest BCUT2D eigenvalue weighted by Gasteiger charge is -2.16. The highest BCUT2D eigenvalue weighted by Gasteiger charge is 2.22. The van der Waals surface area contributed by atoms with Crippen LogP contribution in [0.5, 0.6) is 0 Å². The van der Waals surface area contributed by atoms with Crippen molar-refractivity contribution in [1.82, 2.24) is 14.6 Å². The molecule has 0 aliphatic carbocycles. The first kappa shape index (κ1) is 20.3. The molecule has 0 saturated heterocycles. The average Bonchev–Trinajstić information content (AvgIpc) is 3.25. The molecule has 0 fully saturated rings. The summed E-state index contributed by atoms with van der Waals surface area (Å²) >= 11 is 1.30. The van der Waals surface area contributed by atoms with Crippen molar-refractivity contribution in [2.75, 3.05) is 12.3 Å². The number of para-hydroxylation sites is 1. The van der Waals surface area contributed by atoms with Crippen LogP contribution in [0.3, 0.4) is 0 Å². The number of hydrogen-bond acceptors (Lipinski definition) is 5. The molecule has 0 bridgehead atoms. The molecule has 1 aliphatic rings. The zero-order valence-electron chi connectivity index (χ0n) is 17.1. The van der Waals surface area contributed by atoms with Gasteiger partial charge in [0.1, 0.15) is 0 Å². The molecule has 7 heteroatoms. The van der Waals surface area contributed by atoms with Crippen LogP contribution >= 0.6 is 11.8 Å². The van der Waals surface area contributed by atoms with Crippen molar-refractivity contribution in [3.63, 3.8) is 0 Å². The molecule has 0 radical (unpaired) electrons. The Kier molecular flexibility index (Phi) is 5.99. The van der Waals surface area contributed by atoms with Crippen molar-refractivity contribution >= 4 is 34.3 Å². The van der Waals surface area contributed by atoms with Crippen molar-refractivity contribution < 1.29 is 4.79 Å². The van der Waals surface area contributed by atoms with Gasteiger partial charge >= 0.3 is 0 Å². The summed E-state index contributed by atoms with van der Waals surface area (Å²) in [6.45, 7) is 5.26. The molecule has 30 heavy (non-hydrogen) atoms. The standard InChI is InChI=1S/C23H24N4O2S/c1-16(2)14-26-22(29)18-10-6-7-11-20(18)24-23(26)30-15-21(28)27-13-12-19(25-27)17-8-4-3-5-9-17/h3-11,16H,12-15H2,1-2H3. The fourth-order valence-electron chi connectivity index (χ4n) is 3.46. The van der Waals surface area contributed by atoms with Crippen LogP contribution < -0.4 is 5.56 Å². The molecule has 1 aromatic heterocycles. The van der Waals surface area contributed by atoms with E-state index in [0.717, 1.165) is 17.7 Å². The van der Waals surface area contributed by atoms with Gasteiger partial charge in [-0.3, -0.25) is 14.2 Å². The quantitative estimate of drug-likeness (QED) is 0.450. The van der Waals surface area contributed by atoms with Gasteiger partial charge in [0.25, 0.3) is 11.5 Å². The number of hydrazone groups is 1. The van der Waals surface area contributed by atoms with E-state index >= 15 is 0 Å².